The number of ether oxygens (including phenoxy) is 2. The Kier molecular flexibility index (Phi) is 6.80. The lowest BCUT2D eigenvalue weighted by molar-refractivity contribution is -0.142. The van der Waals surface area contributed by atoms with E-state index in [9.17, 15) is 18.0 Å². The van der Waals surface area contributed by atoms with E-state index in [0.717, 1.165) is 18.9 Å². The first-order chi connectivity index (χ1) is 10.3. The van der Waals surface area contributed by atoms with E-state index >= 15 is 0 Å². The summed E-state index contributed by atoms with van der Waals surface area (Å²) in [5.41, 5.74) is 0.779. The van der Waals surface area contributed by atoms with Crippen LogP contribution in [0.4, 0.5) is 4.79 Å². The van der Waals surface area contributed by atoms with Crippen LogP contribution in [0.15, 0.2) is 30.3 Å². The van der Waals surface area contributed by atoms with Crippen molar-refractivity contribution in [3.8, 4) is 0 Å². The molecule has 0 radical (unpaired) electrons. The minimum absolute atomic E-state index is 0.0278. The van der Waals surface area contributed by atoms with Gasteiger partial charge in [-0.2, -0.15) is 0 Å². The van der Waals surface area contributed by atoms with Gasteiger partial charge in [-0.05, 0) is 5.56 Å². The van der Waals surface area contributed by atoms with E-state index in [-0.39, 0.29) is 13.2 Å². The Morgan fingerprint density at radius 3 is 2.41 bits per heavy atom. The molecule has 9 heteroatoms. The van der Waals surface area contributed by atoms with Crippen molar-refractivity contribution in [2.75, 3.05) is 19.9 Å². The van der Waals surface area contributed by atoms with Gasteiger partial charge in [0.1, 0.15) is 12.6 Å². The minimum Gasteiger partial charge on any atom is -0.467 e. The molecule has 0 aliphatic carbocycles. The quantitative estimate of drug-likeness (QED) is 0.681. The van der Waals surface area contributed by atoms with Crippen molar-refractivity contribution in [1.29, 1.82) is 0 Å². The van der Waals surface area contributed by atoms with Crippen LogP contribution in [0.1, 0.15) is 5.56 Å². The minimum atomic E-state index is -3.50. The second kappa shape index (κ2) is 8.35. The fourth-order valence-electron chi connectivity index (χ4n) is 1.48. The van der Waals surface area contributed by atoms with Gasteiger partial charge >= 0.3 is 12.1 Å². The monoisotopic (exact) mass is 330 g/mol. The zero-order chi connectivity index (χ0) is 16.6. The van der Waals surface area contributed by atoms with Crippen molar-refractivity contribution in [3.05, 3.63) is 35.9 Å². The molecule has 1 amide bonds. The molecule has 1 aromatic carbocycles. The van der Waals surface area contributed by atoms with Crippen molar-refractivity contribution in [2.45, 2.75) is 12.6 Å². The zero-order valence-corrected chi connectivity index (χ0v) is 13.1. The number of amides is 1. The van der Waals surface area contributed by atoms with Crippen LogP contribution in [0.5, 0.6) is 0 Å². The summed E-state index contributed by atoms with van der Waals surface area (Å²) in [4.78, 5) is 23.2. The van der Waals surface area contributed by atoms with Gasteiger partial charge in [0.05, 0.1) is 13.4 Å². The van der Waals surface area contributed by atoms with E-state index in [2.05, 4.69) is 14.8 Å². The Balaban J connectivity index is 2.53. The summed E-state index contributed by atoms with van der Waals surface area (Å²) in [5, 5.41) is 2.25. The van der Waals surface area contributed by atoms with Gasteiger partial charge in [-0.25, -0.2) is 22.7 Å². The van der Waals surface area contributed by atoms with Crippen molar-refractivity contribution in [3.63, 3.8) is 0 Å². The molecule has 1 atom stereocenters. The molecule has 0 saturated heterocycles. The molecule has 22 heavy (non-hydrogen) atoms. The molecule has 0 aliphatic rings. The normalized spacial score (nSPS) is 12.3. The van der Waals surface area contributed by atoms with E-state index in [1.54, 1.807) is 24.3 Å². The van der Waals surface area contributed by atoms with Gasteiger partial charge in [0, 0.05) is 6.54 Å². The molecule has 0 spiro atoms. The van der Waals surface area contributed by atoms with Gasteiger partial charge < -0.3 is 14.8 Å². The van der Waals surface area contributed by atoms with Gasteiger partial charge in [0.25, 0.3) is 0 Å². The maximum absolute atomic E-state index is 11.7. The third kappa shape index (κ3) is 7.04. The highest BCUT2D eigenvalue weighted by atomic mass is 32.2. The summed E-state index contributed by atoms with van der Waals surface area (Å²) in [6.45, 7) is -0.300. The Labute approximate surface area is 128 Å². The third-order valence-electron chi connectivity index (χ3n) is 2.54. The van der Waals surface area contributed by atoms with E-state index in [1.807, 2.05) is 6.07 Å². The number of esters is 1. The number of hydrogen-bond acceptors (Lipinski definition) is 6. The van der Waals surface area contributed by atoms with Crippen molar-refractivity contribution in [1.82, 2.24) is 10.0 Å². The number of carbonyl (C=O) groups is 2. The number of hydrogen-bond donors (Lipinski definition) is 2. The first-order valence-electron chi connectivity index (χ1n) is 6.31. The molecule has 0 bridgehead atoms. The van der Waals surface area contributed by atoms with Gasteiger partial charge in [0.2, 0.25) is 10.0 Å². The summed E-state index contributed by atoms with van der Waals surface area (Å²) in [6, 6.07) is 7.79. The van der Waals surface area contributed by atoms with E-state index < -0.39 is 28.1 Å². The second-order valence-electron chi connectivity index (χ2n) is 4.40. The number of benzene rings is 1. The van der Waals surface area contributed by atoms with Gasteiger partial charge in [0.15, 0.2) is 0 Å². The first kappa shape index (κ1) is 17.9. The molecule has 1 aromatic rings. The van der Waals surface area contributed by atoms with Crippen LogP contribution in [-0.4, -0.2) is 46.4 Å². The zero-order valence-electron chi connectivity index (χ0n) is 12.2. The fourth-order valence-corrected chi connectivity index (χ4v) is 1.95. The van der Waals surface area contributed by atoms with E-state index in [4.69, 9.17) is 4.74 Å². The van der Waals surface area contributed by atoms with Crippen LogP contribution >= 0.6 is 0 Å². The SMILES string of the molecule is COC(=O)C(CNS(C)(=O)=O)NC(=O)OCc1ccccc1. The van der Waals surface area contributed by atoms with Crippen LogP contribution in [0.2, 0.25) is 0 Å². The Morgan fingerprint density at radius 2 is 1.86 bits per heavy atom. The average molecular weight is 330 g/mol. The standard InChI is InChI=1S/C13H18N2O6S/c1-20-12(16)11(8-14-22(2,18)19)15-13(17)21-9-10-6-4-3-5-7-10/h3-7,11,14H,8-9H2,1-2H3,(H,15,17). The fraction of sp³-hybridized carbons (Fsp3) is 0.385. The molecule has 2 N–H and O–H groups in total. The molecule has 122 valence electrons. The molecule has 8 nitrogen and oxygen atoms in total. The molecule has 0 saturated carbocycles. The van der Waals surface area contributed by atoms with Crippen LogP contribution in [-0.2, 0) is 30.9 Å². The third-order valence-corrected chi connectivity index (χ3v) is 3.23. The number of sulfonamides is 1. The predicted octanol–water partition coefficient (Wildman–Crippen LogP) is 0.00360. The average Bonchev–Trinajstić information content (AvgIpc) is 2.48. The number of methoxy groups -OCH3 is 1. The molecule has 0 aliphatic heterocycles. The lowest BCUT2D eigenvalue weighted by Gasteiger charge is -2.16. The molecule has 0 aromatic heterocycles. The smallest absolute Gasteiger partial charge is 0.408 e. The highest BCUT2D eigenvalue weighted by Crippen LogP contribution is 2.01. The molecular weight excluding hydrogens is 312 g/mol. The number of carbonyl (C=O) groups excluding carboxylic acids is 2. The first-order valence-corrected chi connectivity index (χ1v) is 8.20. The Hall–Kier alpha value is -2.13. The summed E-state index contributed by atoms with van der Waals surface area (Å²) < 4.78 is 33.6. The predicted molar refractivity (Wildman–Crippen MR) is 78.4 cm³/mol. The highest BCUT2D eigenvalue weighted by Gasteiger charge is 2.23. The van der Waals surface area contributed by atoms with Crippen LogP contribution in [0.3, 0.4) is 0 Å². The van der Waals surface area contributed by atoms with Gasteiger partial charge in [-0.3, -0.25) is 0 Å². The van der Waals surface area contributed by atoms with Gasteiger partial charge in [-0.15, -0.1) is 0 Å². The number of alkyl carbamates (subject to hydrolysis) is 1. The van der Waals surface area contributed by atoms with Crippen molar-refractivity contribution in [2.24, 2.45) is 0 Å². The van der Waals surface area contributed by atoms with Crippen LogP contribution in [0, 0.1) is 0 Å². The molecular formula is C13H18N2O6S. The molecule has 0 fully saturated rings. The van der Waals surface area contributed by atoms with Crippen LogP contribution < -0.4 is 10.0 Å². The molecule has 0 heterocycles. The maximum Gasteiger partial charge on any atom is 0.408 e. The summed E-state index contributed by atoms with van der Waals surface area (Å²) in [6.07, 6.45) is 0.0873. The van der Waals surface area contributed by atoms with Crippen LogP contribution in [0.25, 0.3) is 0 Å². The Morgan fingerprint density at radius 1 is 1.23 bits per heavy atom. The Bertz CT molecular complexity index is 602. The maximum atomic E-state index is 11.7. The van der Waals surface area contributed by atoms with E-state index in [1.165, 1.54) is 0 Å². The van der Waals surface area contributed by atoms with Crippen molar-refractivity contribution >= 4 is 22.1 Å². The van der Waals surface area contributed by atoms with Crippen molar-refractivity contribution < 1.29 is 27.5 Å². The molecule has 1 rings (SSSR count). The lowest BCUT2D eigenvalue weighted by Crippen LogP contribution is -2.48. The second-order valence-corrected chi connectivity index (χ2v) is 6.24. The lowest BCUT2D eigenvalue weighted by atomic mass is 10.2. The molecule has 1 unspecified atom stereocenters. The summed E-state index contributed by atoms with van der Waals surface area (Å²) in [5.74, 6) is -0.784. The largest absolute Gasteiger partial charge is 0.467 e. The van der Waals surface area contributed by atoms with Gasteiger partial charge in [-0.1, -0.05) is 30.3 Å². The van der Waals surface area contributed by atoms with E-state index in [0.29, 0.717) is 0 Å². The summed E-state index contributed by atoms with van der Waals surface area (Å²) in [7, 11) is -2.37. The number of rotatable bonds is 7. The summed E-state index contributed by atoms with van der Waals surface area (Å²) >= 11 is 0. The highest BCUT2D eigenvalue weighted by molar-refractivity contribution is 7.88. The number of nitrogens with one attached hydrogen (secondary N) is 2. The topological polar surface area (TPSA) is 111 Å².